The van der Waals surface area contributed by atoms with Gasteiger partial charge in [0.2, 0.25) is 5.91 Å². The molecule has 0 atom stereocenters. The van der Waals surface area contributed by atoms with Gasteiger partial charge in [0.25, 0.3) is 0 Å². The number of amides is 1. The Labute approximate surface area is 201 Å². The molecule has 1 aromatic carbocycles. The molecule has 0 unspecified atom stereocenters. The molecule has 2 aromatic rings. The molecule has 1 aromatic heterocycles. The molecule has 1 heterocycles. The largest absolute Gasteiger partial charge is 0.481 e. The topological polar surface area (TPSA) is 143 Å². The highest BCUT2D eigenvalue weighted by atomic mass is 32.1. The van der Waals surface area contributed by atoms with Crippen molar-refractivity contribution >= 4 is 35.0 Å². The number of benzene rings is 1. The first kappa shape index (κ1) is 27.0. The molecule has 0 aliphatic heterocycles. The molecule has 0 saturated heterocycles. The number of aliphatic carboxylic acids is 1. The third-order valence-corrected chi connectivity index (χ3v) is 6.82. The first-order valence-electron chi connectivity index (χ1n) is 11.1. The van der Waals surface area contributed by atoms with Crippen molar-refractivity contribution < 1.29 is 28.6 Å². The summed E-state index contributed by atoms with van der Waals surface area (Å²) >= 11 is 1.19. The standard InChI is InChI=1S/C24H30FN3O5S/c1-3-24(4-2,23(32)28-12-6-5-7-20(29)30)14-16-9-11-19(34-16)22(31)33-18-10-8-15(21(26)27)13-17(18)25/h8-11,13H,3-7,12,14H2,1-2H3,(H3,26,27)(H,28,32)(H,29,30). The number of carboxylic acids is 1. The number of thiophene rings is 1. The minimum absolute atomic E-state index is 0.0708. The Morgan fingerprint density at radius 3 is 2.47 bits per heavy atom. The first-order chi connectivity index (χ1) is 16.1. The van der Waals surface area contributed by atoms with Crippen LogP contribution in [0, 0.1) is 16.6 Å². The smallest absolute Gasteiger partial charge is 0.353 e. The van der Waals surface area contributed by atoms with Crippen LogP contribution in [0.15, 0.2) is 30.3 Å². The van der Waals surface area contributed by atoms with Crippen LogP contribution < -0.4 is 15.8 Å². The number of carbonyl (C=O) groups is 3. The minimum Gasteiger partial charge on any atom is -0.481 e. The van der Waals surface area contributed by atoms with E-state index in [1.807, 2.05) is 13.8 Å². The number of ether oxygens (including phenoxy) is 1. The summed E-state index contributed by atoms with van der Waals surface area (Å²) in [5.41, 5.74) is 4.86. The molecule has 0 aliphatic rings. The third-order valence-electron chi connectivity index (χ3n) is 5.76. The number of nitrogens with one attached hydrogen (secondary N) is 2. The summed E-state index contributed by atoms with van der Waals surface area (Å²) in [4.78, 5) is 37.2. The van der Waals surface area contributed by atoms with E-state index in [0.717, 1.165) is 10.9 Å². The lowest BCUT2D eigenvalue weighted by molar-refractivity contribution is -0.137. The number of carboxylic acid groups (broad SMARTS) is 1. The van der Waals surface area contributed by atoms with Gasteiger partial charge in [0.1, 0.15) is 10.7 Å². The van der Waals surface area contributed by atoms with Gasteiger partial charge in [-0.3, -0.25) is 15.0 Å². The fraction of sp³-hybridized carbons (Fsp3) is 0.417. The second kappa shape index (κ2) is 12.3. The average Bonchev–Trinajstić information content (AvgIpc) is 3.26. The van der Waals surface area contributed by atoms with E-state index >= 15 is 0 Å². The Kier molecular flexibility index (Phi) is 9.73. The number of carbonyl (C=O) groups excluding carboxylic acids is 2. The number of nitrogens with two attached hydrogens (primary N) is 1. The van der Waals surface area contributed by atoms with Crippen LogP contribution in [0.3, 0.4) is 0 Å². The van der Waals surface area contributed by atoms with Gasteiger partial charge in [-0.15, -0.1) is 11.3 Å². The molecular formula is C24H30FN3O5S. The van der Waals surface area contributed by atoms with E-state index < -0.39 is 23.2 Å². The molecule has 1 amide bonds. The molecule has 0 bridgehead atoms. The summed E-state index contributed by atoms with van der Waals surface area (Å²) in [5.74, 6) is -3.02. The maximum absolute atomic E-state index is 14.2. The second-order valence-electron chi connectivity index (χ2n) is 7.99. The van der Waals surface area contributed by atoms with Crippen LogP contribution in [-0.4, -0.2) is 35.3 Å². The number of esters is 1. The Morgan fingerprint density at radius 2 is 1.88 bits per heavy atom. The van der Waals surface area contributed by atoms with Gasteiger partial charge in [-0.05, 0) is 62.4 Å². The zero-order valence-corrected chi connectivity index (χ0v) is 20.1. The van der Waals surface area contributed by atoms with Gasteiger partial charge < -0.3 is 20.9 Å². The summed E-state index contributed by atoms with van der Waals surface area (Å²) in [6, 6.07) is 7.02. The predicted molar refractivity (Wildman–Crippen MR) is 128 cm³/mol. The first-order valence-corrected chi connectivity index (χ1v) is 11.9. The zero-order valence-electron chi connectivity index (χ0n) is 19.3. The van der Waals surface area contributed by atoms with E-state index in [0.29, 0.717) is 38.6 Å². The van der Waals surface area contributed by atoms with E-state index in [1.54, 1.807) is 12.1 Å². The number of hydrogen-bond donors (Lipinski definition) is 4. The van der Waals surface area contributed by atoms with E-state index in [4.69, 9.17) is 21.0 Å². The van der Waals surface area contributed by atoms with Crippen molar-refractivity contribution in [2.45, 2.75) is 52.4 Å². The molecule has 10 heteroatoms. The molecule has 5 N–H and O–H groups in total. The fourth-order valence-electron chi connectivity index (χ4n) is 3.51. The Hall–Kier alpha value is -3.27. The summed E-state index contributed by atoms with van der Waals surface area (Å²) in [6.45, 7) is 4.28. The molecule has 2 rings (SSSR count). The van der Waals surface area contributed by atoms with E-state index in [9.17, 15) is 18.8 Å². The highest BCUT2D eigenvalue weighted by Crippen LogP contribution is 2.34. The number of rotatable bonds is 13. The molecule has 0 spiro atoms. The van der Waals surface area contributed by atoms with Crippen LogP contribution in [-0.2, 0) is 16.0 Å². The normalized spacial score (nSPS) is 11.1. The average molecular weight is 492 g/mol. The summed E-state index contributed by atoms with van der Waals surface area (Å²) < 4.78 is 19.4. The lowest BCUT2D eigenvalue weighted by Crippen LogP contribution is -2.42. The molecule has 0 fully saturated rings. The maximum Gasteiger partial charge on any atom is 0.353 e. The molecule has 34 heavy (non-hydrogen) atoms. The van der Waals surface area contributed by atoms with E-state index in [1.165, 1.54) is 23.5 Å². The van der Waals surface area contributed by atoms with Crippen LogP contribution in [0.1, 0.15) is 66.1 Å². The Balaban J connectivity index is 2.03. The summed E-state index contributed by atoms with van der Waals surface area (Å²) in [5, 5.41) is 19.0. The van der Waals surface area contributed by atoms with Gasteiger partial charge in [0.05, 0.1) is 5.41 Å². The monoisotopic (exact) mass is 491 g/mol. The summed E-state index contributed by atoms with van der Waals surface area (Å²) in [7, 11) is 0. The van der Waals surface area contributed by atoms with Crippen molar-refractivity contribution in [3.05, 3.63) is 51.5 Å². The van der Waals surface area contributed by atoms with Gasteiger partial charge >= 0.3 is 11.9 Å². The van der Waals surface area contributed by atoms with Gasteiger partial charge in [-0.25, -0.2) is 9.18 Å². The van der Waals surface area contributed by atoms with Crippen molar-refractivity contribution in [1.82, 2.24) is 5.32 Å². The highest BCUT2D eigenvalue weighted by Gasteiger charge is 2.35. The SMILES string of the molecule is CCC(CC)(Cc1ccc(C(=O)Oc2ccc(C(=N)N)cc2F)s1)C(=O)NCCCCC(=O)O. The molecule has 0 aliphatic carbocycles. The van der Waals surface area contributed by atoms with E-state index in [2.05, 4.69) is 5.32 Å². The van der Waals surface area contributed by atoms with Crippen molar-refractivity contribution in [3.8, 4) is 5.75 Å². The van der Waals surface area contributed by atoms with Crippen LogP contribution in [0.4, 0.5) is 4.39 Å². The maximum atomic E-state index is 14.2. The fourth-order valence-corrected chi connectivity index (χ4v) is 4.54. The van der Waals surface area contributed by atoms with Crippen molar-refractivity contribution in [1.29, 1.82) is 5.41 Å². The van der Waals surface area contributed by atoms with Gasteiger partial charge in [-0.1, -0.05) is 13.8 Å². The van der Waals surface area contributed by atoms with Crippen LogP contribution in [0.25, 0.3) is 0 Å². The number of amidine groups is 1. The van der Waals surface area contributed by atoms with Crippen molar-refractivity contribution in [2.75, 3.05) is 6.54 Å². The molecule has 8 nitrogen and oxygen atoms in total. The third kappa shape index (κ3) is 7.11. The molecule has 184 valence electrons. The highest BCUT2D eigenvalue weighted by molar-refractivity contribution is 7.14. The molecular weight excluding hydrogens is 461 g/mol. The molecule has 0 radical (unpaired) electrons. The van der Waals surface area contributed by atoms with Crippen LogP contribution >= 0.6 is 11.3 Å². The quantitative estimate of drug-likeness (QED) is 0.109. The second-order valence-corrected chi connectivity index (χ2v) is 9.15. The molecule has 0 saturated carbocycles. The van der Waals surface area contributed by atoms with Gasteiger partial charge in [0.15, 0.2) is 11.6 Å². The van der Waals surface area contributed by atoms with Crippen molar-refractivity contribution in [3.63, 3.8) is 0 Å². The lowest BCUT2D eigenvalue weighted by Gasteiger charge is -2.30. The van der Waals surface area contributed by atoms with Gasteiger partial charge in [-0.2, -0.15) is 0 Å². The predicted octanol–water partition coefficient (Wildman–Crippen LogP) is 4.11. The van der Waals surface area contributed by atoms with Gasteiger partial charge in [0, 0.05) is 23.4 Å². The van der Waals surface area contributed by atoms with Crippen LogP contribution in [0.5, 0.6) is 5.75 Å². The number of unbranched alkanes of at least 4 members (excludes halogenated alkanes) is 1. The Bertz CT molecular complexity index is 1050. The van der Waals surface area contributed by atoms with Crippen LogP contribution in [0.2, 0.25) is 0 Å². The Morgan fingerprint density at radius 1 is 1.18 bits per heavy atom. The lowest BCUT2D eigenvalue weighted by atomic mass is 9.77. The zero-order chi connectivity index (χ0) is 25.3. The van der Waals surface area contributed by atoms with Crippen molar-refractivity contribution in [2.24, 2.45) is 11.1 Å². The number of halogens is 1. The number of hydrogen-bond acceptors (Lipinski definition) is 6. The van der Waals surface area contributed by atoms with E-state index in [-0.39, 0.29) is 34.4 Å². The summed E-state index contributed by atoms with van der Waals surface area (Å²) in [6.07, 6.45) is 2.77. The number of nitrogen functional groups attached to an aromatic ring is 1. The minimum atomic E-state index is -0.856.